The predicted octanol–water partition coefficient (Wildman–Crippen LogP) is 3.29. The molecule has 0 aliphatic rings. The molecule has 0 radical (unpaired) electrons. The maximum atomic E-state index is 5.50. The van der Waals surface area contributed by atoms with E-state index in [2.05, 4.69) is 10.5 Å². The molecule has 0 spiro atoms. The van der Waals surface area contributed by atoms with Crippen LogP contribution in [0.1, 0.15) is 0 Å². The van der Waals surface area contributed by atoms with Gasteiger partial charge in [0.1, 0.15) is 0 Å². The number of guanidine groups is 2. The zero-order valence-corrected chi connectivity index (χ0v) is 14.2. The fourth-order valence-electron chi connectivity index (χ4n) is 2.41. The lowest BCUT2D eigenvalue weighted by atomic mass is 10.2. The van der Waals surface area contributed by atoms with E-state index < -0.39 is 0 Å². The van der Waals surface area contributed by atoms with Crippen LogP contribution in [0.2, 0.25) is 0 Å². The van der Waals surface area contributed by atoms with E-state index in [1.165, 1.54) is 0 Å². The molecular formula is C20H20N6. The largest absolute Gasteiger partial charge is 0.369 e. The third kappa shape index (κ3) is 4.39. The van der Waals surface area contributed by atoms with Crippen molar-refractivity contribution in [2.45, 2.75) is 0 Å². The number of hydrazone groups is 1. The number of nitrogens with zero attached hydrogens (tertiary/aromatic N) is 3. The lowest BCUT2D eigenvalue weighted by Crippen LogP contribution is -2.38. The molecule has 0 aliphatic heterocycles. The van der Waals surface area contributed by atoms with Crippen LogP contribution in [0.3, 0.4) is 0 Å². The second kappa shape index (κ2) is 8.34. The first-order chi connectivity index (χ1) is 12.7. The summed E-state index contributed by atoms with van der Waals surface area (Å²) in [6, 6.07) is 29.3. The number of nitrogens with two attached hydrogens (primary N) is 2. The van der Waals surface area contributed by atoms with Crippen molar-refractivity contribution in [3.63, 3.8) is 0 Å². The molecule has 0 saturated heterocycles. The summed E-state index contributed by atoms with van der Waals surface area (Å²) in [6.07, 6.45) is 0. The molecule has 5 N–H and O–H groups in total. The van der Waals surface area contributed by atoms with Gasteiger partial charge in [0.25, 0.3) is 0 Å². The van der Waals surface area contributed by atoms with Crippen LogP contribution in [0.5, 0.6) is 0 Å². The van der Waals surface area contributed by atoms with Crippen LogP contribution >= 0.6 is 0 Å². The van der Waals surface area contributed by atoms with Gasteiger partial charge in [-0.1, -0.05) is 54.6 Å². The molecule has 6 nitrogen and oxygen atoms in total. The van der Waals surface area contributed by atoms with Crippen LogP contribution < -0.4 is 21.8 Å². The fraction of sp³-hybridized carbons (Fsp3) is 0. The Kier molecular flexibility index (Phi) is 5.47. The van der Waals surface area contributed by atoms with Crippen LogP contribution in [0.25, 0.3) is 0 Å². The Morgan fingerprint density at radius 1 is 0.692 bits per heavy atom. The summed E-state index contributed by atoms with van der Waals surface area (Å²) < 4.78 is 0. The summed E-state index contributed by atoms with van der Waals surface area (Å²) in [7, 11) is 0. The van der Waals surface area contributed by atoms with Gasteiger partial charge in [-0.25, -0.2) is 10.4 Å². The molecule has 0 saturated carbocycles. The van der Waals surface area contributed by atoms with Crippen molar-refractivity contribution in [2.75, 3.05) is 4.90 Å². The minimum Gasteiger partial charge on any atom is -0.369 e. The average molecular weight is 344 g/mol. The van der Waals surface area contributed by atoms with Crippen molar-refractivity contribution in [1.29, 1.82) is 0 Å². The summed E-state index contributed by atoms with van der Waals surface area (Å²) in [5.41, 5.74) is 16.5. The van der Waals surface area contributed by atoms with Crippen molar-refractivity contribution < 1.29 is 0 Å². The Labute approximate surface area is 152 Å². The molecule has 0 aliphatic carbocycles. The summed E-state index contributed by atoms with van der Waals surface area (Å²) >= 11 is 0. The summed E-state index contributed by atoms with van der Waals surface area (Å²) in [6.45, 7) is 0. The van der Waals surface area contributed by atoms with Crippen molar-refractivity contribution in [3.8, 4) is 0 Å². The van der Waals surface area contributed by atoms with Gasteiger partial charge in [-0.15, -0.1) is 5.10 Å². The zero-order valence-electron chi connectivity index (χ0n) is 14.2. The normalized spacial score (nSPS) is 10.8. The third-order valence-electron chi connectivity index (χ3n) is 3.52. The lowest BCUT2D eigenvalue weighted by Gasteiger charge is -2.25. The van der Waals surface area contributed by atoms with Crippen molar-refractivity contribution in [1.82, 2.24) is 5.43 Å². The first kappa shape index (κ1) is 17.0. The number of hydrogen-bond acceptors (Lipinski definition) is 2. The minimum atomic E-state index is -0.0770. The smallest absolute Gasteiger partial charge is 0.229 e. The van der Waals surface area contributed by atoms with Crippen LogP contribution in [0.4, 0.5) is 17.1 Å². The molecule has 0 heterocycles. The van der Waals surface area contributed by atoms with Crippen LogP contribution in [-0.2, 0) is 0 Å². The Bertz CT molecular complexity index is 832. The van der Waals surface area contributed by atoms with Crippen molar-refractivity contribution >= 4 is 29.0 Å². The summed E-state index contributed by atoms with van der Waals surface area (Å²) in [5, 5.41) is 3.94. The van der Waals surface area contributed by atoms with Gasteiger partial charge in [0.15, 0.2) is 0 Å². The SMILES string of the molecule is NC(N)=NNC(=Nc1ccccc1)N(c1ccccc1)c1ccccc1. The Morgan fingerprint density at radius 2 is 1.15 bits per heavy atom. The monoisotopic (exact) mass is 344 g/mol. The van der Waals surface area contributed by atoms with Gasteiger partial charge in [-0.2, -0.15) is 0 Å². The average Bonchev–Trinajstić information content (AvgIpc) is 2.68. The van der Waals surface area contributed by atoms with E-state index in [1.54, 1.807) is 0 Å². The molecule has 3 aromatic carbocycles. The first-order valence-electron chi connectivity index (χ1n) is 8.12. The highest BCUT2D eigenvalue weighted by molar-refractivity contribution is 6.04. The Balaban J connectivity index is 2.12. The van der Waals surface area contributed by atoms with Gasteiger partial charge in [0.2, 0.25) is 11.9 Å². The molecule has 0 aromatic heterocycles. The molecule has 3 rings (SSSR count). The zero-order chi connectivity index (χ0) is 18.2. The Morgan fingerprint density at radius 3 is 1.62 bits per heavy atom. The number of rotatable bonds is 4. The fourth-order valence-corrected chi connectivity index (χ4v) is 2.41. The summed E-state index contributed by atoms with van der Waals surface area (Å²) in [4.78, 5) is 6.64. The summed E-state index contributed by atoms with van der Waals surface area (Å²) in [5.74, 6) is 0.397. The van der Waals surface area contributed by atoms with E-state index in [0.717, 1.165) is 17.1 Å². The second-order valence-corrected chi connectivity index (χ2v) is 5.43. The number of benzene rings is 3. The van der Waals surface area contributed by atoms with Gasteiger partial charge in [0, 0.05) is 11.4 Å². The standard InChI is InChI=1S/C20H20N6/c21-19(22)24-25-20(23-16-10-4-1-5-11-16)26(17-12-6-2-7-13-17)18-14-8-3-9-15-18/h1-15H,(H,23,25)(H4,21,22,24). The molecule has 0 fully saturated rings. The molecular weight excluding hydrogens is 324 g/mol. The highest BCUT2D eigenvalue weighted by Crippen LogP contribution is 2.26. The van der Waals surface area contributed by atoms with Gasteiger partial charge >= 0.3 is 0 Å². The minimum absolute atomic E-state index is 0.0770. The van der Waals surface area contributed by atoms with Gasteiger partial charge in [0.05, 0.1) is 5.69 Å². The van der Waals surface area contributed by atoms with E-state index in [4.69, 9.17) is 16.5 Å². The molecule has 6 heteroatoms. The van der Waals surface area contributed by atoms with Gasteiger partial charge < -0.3 is 11.5 Å². The van der Waals surface area contributed by atoms with E-state index in [1.807, 2.05) is 95.9 Å². The van der Waals surface area contributed by atoms with Gasteiger partial charge in [-0.05, 0) is 36.4 Å². The third-order valence-corrected chi connectivity index (χ3v) is 3.52. The number of hydrogen-bond donors (Lipinski definition) is 3. The van der Waals surface area contributed by atoms with Crippen molar-refractivity contribution in [2.24, 2.45) is 21.6 Å². The maximum absolute atomic E-state index is 5.50. The number of aliphatic imine (C=N–C) groups is 1. The first-order valence-corrected chi connectivity index (χ1v) is 8.12. The quantitative estimate of drug-likeness (QED) is 0.385. The Hall–Kier alpha value is -3.80. The van der Waals surface area contributed by atoms with E-state index in [0.29, 0.717) is 5.96 Å². The van der Waals surface area contributed by atoms with Crippen LogP contribution in [0, 0.1) is 0 Å². The van der Waals surface area contributed by atoms with E-state index in [9.17, 15) is 0 Å². The molecule has 0 bridgehead atoms. The highest BCUT2D eigenvalue weighted by Gasteiger charge is 2.16. The number of para-hydroxylation sites is 3. The van der Waals surface area contributed by atoms with Gasteiger partial charge in [-0.3, -0.25) is 4.90 Å². The van der Waals surface area contributed by atoms with E-state index >= 15 is 0 Å². The number of anilines is 2. The van der Waals surface area contributed by atoms with Crippen molar-refractivity contribution in [3.05, 3.63) is 91.0 Å². The van der Waals surface area contributed by atoms with Crippen LogP contribution in [-0.4, -0.2) is 11.9 Å². The topological polar surface area (TPSA) is 92.0 Å². The maximum Gasteiger partial charge on any atom is 0.229 e. The lowest BCUT2D eigenvalue weighted by molar-refractivity contribution is 0.980. The predicted molar refractivity (Wildman–Crippen MR) is 108 cm³/mol. The molecule has 130 valence electrons. The van der Waals surface area contributed by atoms with E-state index in [-0.39, 0.29) is 5.96 Å². The molecule has 0 amide bonds. The molecule has 0 unspecified atom stereocenters. The molecule has 3 aromatic rings. The molecule has 0 atom stereocenters. The molecule has 26 heavy (non-hydrogen) atoms. The van der Waals surface area contributed by atoms with Crippen LogP contribution in [0.15, 0.2) is 101 Å². The number of nitrogens with one attached hydrogen (secondary N) is 1. The highest BCUT2D eigenvalue weighted by atomic mass is 15.4. The second-order valence-electron chi connectivity index (χ2n) is 5.43.